The van der Waals surface area contributed by atoms with Crippen LogP contribution in [0.25, 0.3) is 66.8 Å². The summed E-state index contributed by atoms with van der Waals surface area (Å²) in [7, 11) is 0. The zero-order chi connectivity index (χ0) is 24.3. The molecule has 37 heavy (non-hydrogen) atoms. The van der Waals surface area contributed by atoms with E-state index in [2.05, 4.69) is 110 Å². The number of benzene rings is 4. The van der Waals surface area contributed by atoms with Crippen molar-refractivity contribution in [2.75, 3.05) is 0 Å². The lowest BCUT2D eigenvalue weighted by Gasteiger charge is -2.10. The van der Waals surface area contributed by atoms with Gasteiger partial charge in [0.05, 0.1) is 28.3 Å². The van der Waals surface area contributed by atoms with Crippen molar-refractivity contribution in [1.29, 1.82) is 0 Å². The Bertz CT molecular complexity index is 2080. The molecule has 0 atom stereocenters. The van der Waals surface area contributed by atoms with Crippen LogP contribution in [0.2, 0.25) is 0 Å². The van der Waals surface area contributed by atoms with Gasteiger partial charge in [0.1, 0.15) is 5.69 Å². The number of hydrogen-bond acceptors (Lipinski definition) is 3. The topological polar surface area (TPSA) is 48.8 Å². The minimum Gasteiger partial charge on any atom is -0.418 e. The van der Waals surface area contributed by atoms with Gasteiger partial charge in [0.2, 0.25) is 11.8 Å². The number of aromatic nitrogens is 4. The van der Waals surface area contributed by atoms with Gasteiger partial charge < -0.3 is 8.98 Å². The fourth-order valence-electron chi connectivity index (χ4n) is 5.55. The second-order valence-electron chi connectivity index (χ2n) is 9.12. The van der Waals surface area contributed by atoms with Crippen LogP contribution >= 0.6 is 0 Å². The summed E-state index contributed by atoms with van der Waals surface area (Å²) >= 11 is 0. The quantitative estimate of drug-likeness (QED) is 0.260. The molecule has 8 aromatic rings. The highest BCUT2D eigenvalue weighted by Gasteiger charge is 2.22. The zero-order valence-electron chi connectivity index (χ0n) is 19.7. The van der Waals surface area contributed by atoms with Crippen LogP contribution in [0.5, 0.6) is 0 Å². The van der Waals surface area contributed by atoms with E-state index in [9.17, 15) is 0 Å². The van der Waals surface area contributed by atoms with Gasteiger partial charge in [-0.25, -0.2) is 4.98 Å². The van der Waals surface area contributed by atoms with E-state index < -0.39 is 0 Å². The number of oxazole rings is 1. The first-order valence-corrected chi connectivity index (χ1v) is 12.3. The zero-order valence-corrected chi connectivity index (χ0v) is 19.7. The fourth-order valence-corrected chi connectivity index (χ4v) is 5.55. The van der Waals surface area contributed by atoms with Gasteiger partial charge in [-0.1, -0.05) is 72.8 Å². The molecule has 0 unspecified atom stereocenters. The van der Waals surface area contributed by atoms with Crippen LogP contribution in [0.4, 0.5) is 0 Å². The maximum atomic E-state index is 6.38. The van der Waals surface area contributed by atoms with Gasteiger partial charge in [0, 0.05) is 33.4 Å². The van der Waals surface area contributed by atoms with Crippen molar-refractivity contribution in [3.05, 3.63) is 122 Å². The Morgan fingerprint density at radius 3 is 1.84 bits per heavy atom. The minimum atomic E-state index is 0.498. The number of rotatable bonds is 3. The molecule has 0 amide bonds. The van der Waals surface area contributed by atoms with E-state index >= 15 is 0 Å². The molecule has 4 heterocycles. The fraction of sp³-hybridized carbons (Fsp3) is 0. The summed E-state index contributed by atoms with van der Waals surface area (Å²) in [6, 6.07) is 37.8. The van der Waals surface area contributed by atoms with E-state index in [1.807, 2.05) is 18.2 Å². The van der Waals surface area contributed by atoms with Crippen molar-refractivity contribution < 1.29 is 4.42 Å². The Kier molecular flexibility index (Phi) is 4.16. The van der Waals surface area contributed by atoms with Gasteiger partial charge in [-0.2, -0.15) is 0 Å². The lowest BCUT2D eigenvalue weighted by molar-refractivity contribution is 0.552. The van der Waals surface area contributed by atoms with E-state index in [0.717, 1.165) is 22.2 Å². The summed E-state index contributed by atoms with van der Waals surface area (Å²) in [5.41, 5.74) is 6.28. The van der Waals surface area contributed by atoms with E-state index in [1.165, 1.54) is 27.1 Å². The largest absolute Gasteiger partial charge is 0.418 e. The molecule has 174 valence electrons. The van der Waals surface area contributed by atoms with Crippen molar-refractivity contribution in [3.8, 4) is 23.2 Å². The number of para-hydroxylation sites is 3. The number of hydrogen-bond donors (Lipinski definition) is 0. The van der Waals surface area contributed by atoms with E-state index in [4.69, 9.17) is 4.42 Å². The third-order valence-electron chi connectivity index (χ3n) is 7.08. The van der Waals surface area contributed by atoms with Gasteiger partial charge in [-0.15, -0.1) is 0 Å². The van der Waals surface area contributed by atoms with Crippen LogP contribution in [-0.4, -0.2) is 19.1 Å². The molecule has 0 saturated heterocycles. The summed E-state index contributed by atoms with van der Waals surface area (Å²) in [6.45, 7) is 0. The molecule has 0 fully saturated rings. The maximum absolute atomic E-state index is 6.38. The predicted molar refractivity (Wildman–Crippen MR) is 148 cm³/mol. The highest BCUT2D eigenvalue weighted by molar-refractivity contribution is 6.23. The molecule has 0 radical (unpaired) electrons. The Balaban J connectivity index is 1.56. The van der Waals surface area contributed by atoms with Crippen molar-refractivity contribution in [2.24, 2.45) is 0 Å². The summed E-state index contributed by atoms with van der Waals surface area (Å²) in [5, 5.41) is 4.74. The summed E-state index contributed by atoms with van der Waals surface area (Å²) < 4.78 is 10.9. The molecule has 0 aliphatic heterocycles. The molecule has 0 saturated carbocycles. The molecule has 4 aromatic heterocycles. The monoisotopic (exact) mass is 476 g/mol. The standard InChI is InChI=1S/C32H20N4O/c1-2-10-21(11-3-1)35-27-15-6-4-12-22(27)24-17-18-25-23-13-5-7-16-28(23)36(31(25)30(24)35)29-20-34-32(37-29)26-14-8-9-19-33-26/h1-20H. The van der Waals surface area contributed by atoms with Crippen LogP contribution in [0.15, 0.2) is 126 Å². The summed E-state index contributed by atoms with van der Waals surface area (Å²) in [6.07, 6.45) is 3.55. The molecule has 5 nitrogen and oxygen atoms in total. The van der Waals surface area contributed by atoms with Crippen LogP contribution in [-0.2, 0) is 0 Å². The predicted octanol–water partition coefficient (Wildman–Crippen LogP) is 7.93. The summed E-state index contributed by atoms with van der Waals surface area (Å²) in [5.74, 6) is 1.15. The van der Waals surface area contributed by atoms with Crippen molar-refractivity contribution in [1.82, 2.24) is 19.1 Å². The van der Waals surface area contributed by atoms with Gasteiger partial charge in [0.15, 0.2) is 0 Å². The first kappa shape index (κ1) is 20.1. The van der Waals surface area contributed by atoms with Crippen LogP contribution in [0.3, 0.4) is 0 Å². The molecule has 0 bridgehead atoms. The Morgan fingerprint density at radius 1 is 0.514 bits per heavy atom. The Labute approximate surface area is 211 Å². The molecule has 0 aliphatic rings. The van der Waals surface area contributed by atoms with E-state index in [-0.39, 0.29) is 0 Å². The SMILES string of the molecule is c1ccc(-n2c3ccccc3c3ccc4c5ccccc5n(-c5cnc(-c6ccccn6)o5)c4c32)cc1. The third kappa shape index (κ3) is 2.85. The molecule has 0 spiro atoms. The maximum Gasteiger partial charge on any atom is 0.247 e. The average Bonchev–Trinajstić information content (AvgIpc) is 3.66. The van der Waals surface area contributed by atoms with Crippen LogP contribution < -0.4 is 0 Å². The first-order valence-electron chi connectivity index (χ1n) is 12.3. The van der Waals surface area contributed by atoms with Crippen molar-refractivity contribution >= 4 is 43.6 Å². The van der Waals surface area contributed by atoms with Gasteiger partial charge in [-0.3, -0.25) is 9.55 Å². The van der Waals surface area contributed by atoms with Crippen LogP contribution in [0.1, 0.15) is 0 Å². The van der Waals surface area contributed by atoms with Gasteiger partial charge >= 0.3 is 0 Å². The Hall–Kier alpha value is -5.16. The third-order valence-corrected chi connectivity index (χ3v) is 7.08. The minimum absolute atomic E-state index is 0.498. The smallest absolute Gasteiger partial charge is 0.247 e. The second kappa shape index (κ2) is 7.67. The number of fused-ring (bicyclic) bond motifs is 7. The number of pyridine rings is 1. The highest BCUT2D eigenvalue weighted by Crippen LogP contribution is 2.41. The lowest BCUT2D eigenvalue weighted by Crippen LogP contribution is -1.97. The summed E-state index contributed by atoms with van der Waals surface area (Å²) in [4.78, 5) is 9.03. The molecule has 5 heteroatoms. The highest BCUT2D eigenvalue weighted by atomic mass is 16.4. The average molecular weight is 477 g/mol. The lowest BCUT2D eigenvalue weighted by atomic mass is 10.1. The van der Waals surface area contributed by atoms with E-state index in [0.29, 0.717) is 17.5 Å². The van der Waals surface area contributed by atoms with Crippen molar-refractivity contribution in [2.45, 2.75) is 0 Å². The normalized spacial score (nSPS) is 11.8. The van der Waals surface area contributed by atoms with Gasteiger partial charge in [-0.05, 0) is 36.4 Å². The van der Waals surface area contributed by atoms with Crippen LogP contribution in [0, 0.1) is 0 Å². The number of nitrogens with zero attached hydrogens (tertiary/aromatic N) is 4. The van der Waals surface area contributed by atoms with Gasteiger partial charge in [0.25, 0.3) is 0 Å². The van der Waals surface area contributed by atoms with Crippen molar-refractivity contribution in [3.63, 3.8) is 0 Å². The van der Waals surface area contributed by atoms with E-state index in [1.54, 1.807) is 12.4 Å². The first-order chi connectivity index (χ1) is 18.4. The Morgan fingerprint density at radius 2 is 1.14 bits per heavy atom. The molecular weight excluding hydrogens is 456 g/mol. The molecule has 4 aromatic carbocycles. The molecule has 8 rings (SSSR count). The molecule has 0 N–H and O–H groups in total. The molecule has 0 aliphatic carbocycles. The second-order valence-corrected chi connectivity index (χ2v) is 9.12. The molecular formula is C32H20N4O.